The van der Waals surface area contributed by atoms with E-state index in [1.165, 1.54) is 49.9 Å². The lowest BCUT2D eigenvalue weighted by molar-refractivity contribution is 1.23. The highest BCUT2D eigenvalue weighted by Gasteiger charge is 2.30. The van der Waals surface area contributed by atoms with Crippen molar-refractivity contribution < 1.29 is 0 Å². The first-order valence-electron chi connectivity index (χ1n) is 12.1. The van der Waals surface area contributed by atoms with Gasteiger partial charge in [-0.15, -0.1) is 0 Å². The number of fused-ring (bicyclic) bond motifs is 16. The normalized spacial score (nSPS) is 13.5. The van der Waals surface area contributed by atoms with Gasteiger partial charge >= 0.3 is 0 Å². The molecule has 2 aliphatic carbocycles. The summed E-state index contributed by atoms with van der Waals surface area (Å²) < 4.78 is 2.17. The summed E-state index contributed by atoms with van der Waals surface area (Å²) >= 11 is 0. The average Bonchev–Trinajstić information content (AvgIpc) is 3.59. The number of rotatable bonds is 0. The molecule has 0 radical (unpaired) electrons. The van der Waals surface area contributed by atoms with Gasteiger partial charge < -0.3 is 0 Å². The van der Waals surface area contributed by atoms with Crippen LogP contribution in [-0.4, -0.2) is 19.4 Å². The molecule has 162 valence electrons. The van der Waals surface area contributed by atoms with E-state index >= 15 is 0 Å². The summed E-state index contributed by atoms with van der Waals surface area (Å²) in [6.07, 6.45) is 5.66. The second-order valence-corrected chi connectivity index (χ2v) is 9.65. The SMILES string of the molecule is c1ccc2c(c1)Cc1ccc3c(c1-2)-c1ccc2c(c1C3)c1ncccc1n1c3ncccc3nc21. The zero-order valence-electron chi connectivity index (χ0n) is 18.8. The molecule has 0 N–H and O–H groups in total. The van der Waals surface area contributed by atoms with Crippen LogP contribution in [0.5, 0.6) is 0 Å². The first-order chi connectivity index (χ1) is 17.4. The Hall–Kier alpha value is -4.57. The zero-order chi connectivity index (χ0) is 22.7. The standard InChI is InChI=1S/C31H18N4/c1-2-6-20-17(5-1)15-18-9-10-19-16-23-21(27(19)26(18)20)11-12-22-28(23)29-25(8-4-13-32-29)35-30(22)34-24-7-3-14-33-31(24)35/h1-14H,15-16H2. The molecule has 0 fully saturated rings. The van der Waals surface area contributed by atoms with E-state index in [2.05, 4.69) is 64.0 Å². The van der Waals surface area contributed by atoms with E-state index in [0.29, 0.717) is 0 Å². The van der Waals surface area contributed by atoms with Crippen molar-refractivity contribution in [3.05, 3.63) is 107 Å². The predicted octanol–water partition coefficient (Wildman–Crippen LogP) is 6.73. The molecule has 0 unspecified atom stereocenters. The fourth-order valence-corrected chi connectivity index (χ4v) is 6.53. The number of benzene rings is 3. The Morgan fingerprint density at radius 2 is 1.46 bits per heavy atom. The minimum Gasteiger partial charge on any atom is -0.274 e. The third-order valence-corrected chi connectivity index (χ3v) is 7.92. The second-order valence-electron chi connectivity index (χ2n) is 9.65. The third kappa shape index (κ3) is 2.11. The van der Waals surface area contributed by atoms with Gasteiger partial charge in [0, 0.05) is 23.2 Å². The molecule has 4 heterocycles. The Kier molecular flexibility index (Phi) is 3.11. The van der Waals surface area contributed by atoms with Crippen molar-refractivity contribution >= 4 is 38.6 Å². The quantitative estimate of drug-likeness (QED) is 0.243. The highest BCUT2D eigenvalue weighted by atomic mass is 15.1. The molecule has 7 aromatic rings. The van der Waals surface area contributed by atoms with E-state index in [1.54, 1.807) is 0 Å². The molecule has 0 saturated heterocycles. The van der Waals surface area contributed by atoms with E-state index in [9.17, 15) is 0 Å². The van der Waals surface area contributed by atoms with E-state index < -0.39 is 0 Å². The van der Waals surface area contributed by atoms with Gasteiger partial charge in [0.25, 0.3) is 0 Å². The largest absolute Gasteiger partial charge is 0.274 e. The second kappa shape index (κ2) is 6.10. The summed E-state index contributed by atoms with van der Waals surface area (Å²) in [6, 6.07) is 26.2. The van der Waals surface area contributed by atoms with Crippen LogP contribution in [0, 0.1) is 0 Å². The average molecular weight is 447 g/mol. The molecule has 0 saturated carbocycles. The number of nitrogens with zero attached hydrogens (tertiary/aromatic N) is 4. The molecule has 35 heavy (non-hydrogen) atoms. The minimum absolute atomic E-state index is 0.876. The fourth-order valence-electron chi connectivity index (χ4n) is 6.53. The van der Waals surface area contributed by atoms with Crippen LogP contribution in [0.4, 0.5) is 0 Å². The highest BCUT2D eigenvalue weighted by Crippen LogP contribution is 2.51. The number of aromatic nitrogens is 4. The predicted molar refractivity (Wildman–Crippen MR) is 140 cm³/mol. The minimum atomic E-state index is 0.876. The molecule has 0 aliphatic heterocycles. The van der Waals surface area contributed by atoms with Gasteiger partial charge in [0.05, 0.1) is 11.0 Å². The third-order valence-electron chi connectivity index (χ3n) is 7.92. The van der Waals surface area contributed by atoms with Crippen LogP contribution in [0.2, 0.25) is 0 Å². The van der Waals surface area contributed by atoms with Gasteiger partial charge in [0.2, 0.25) is 0 Å². The lowest BCUT2D eigenvalue weighted by Crippen LogP contribution is -1.96. The lowest BCUT2D eigenvalue weighted by Gasteiger charge is -2.13. The van der Waals surface area contributed by atoms with Gasteiger partial charge in [-0.1, -0.05) is 42.5 Å². The molecule has 0 bridgehead atoms. The van der Waals surface area contributed by atoms with Crippen LogP contribution in [0.1, 0.15) is 22.3 Å². The number of hydrogen-bond donors (Lipinski definition) is 0. The molecule has 3 aromatic carbocycles. The van der Waals surface area contributed by atoms with Crippen LogP contribution in [0.3, 0.4) is 0 Å². The van der Waals surface area contributed by atoms with Crippen LogP contribution < -0.4 is 0 Å². The van der Waals surface area contributed by atoms with Crippen molar-refractivity contribution in [3.8, 4) is 22.3 Å². The highest BCUT2D eigenvalue weighted by molar-refractivity contribution is 6.16. The Balaban J connectivity index is 1.45. The molecular weight excluding hydrogens is 428 g/mol. The van der Waals surface area contributed by atoms with E-state index in [0.717, 1.165) is 46.1 Å². The van der Waals surface area contributed by atoms with Crippen molar-refractivity contribution in [2.24, 2.45) is 0 Å². The van der Waals surface area contributed by atoms with Crippen molar-refractivity contribution in [3.63, 3.8) is 0 Å². The number of pyridine rings is 3. The molecule has 0 amide bonds. The molecule has 0 spiro atoms. The maximum absolute atomic E-state index is 5.03. The van der Waals surface area contributed by atoms with Gasteiger partial charge in [-0.3, -0.25) is 9.38 Å². The van der Waals surface area contributed by atoms with Gasteiger partial charge in [-0.2, -0.15) is 0 Å². The van der Waals surface area contributed by atoms with Crippen molar-refractivity contribution in [1.29, 1.82) is 0 Å². The van der Waals surface area contributed by atoms with Crippen LogP contribution >= 0.6 is 0 Å². The molecule has 2 aliphatic rings. The van der Waals surface area contributed by atoms with E-state index in [-0.39, 0.29) is 0 Å². The first kappa shape index (κ1) is 17.8. The maximum Gasteiger partial charge on any atom is 0.165 e. The summed E-state index contributed by atoms with van der Waals surface area (Å²) in [5, 5.41) is 2.36. The first-order valence-corrected chi connectivity index (χ1v) is 12.1. The molecular formula is C31H18N4. The summed E-state index contributed by atoms with van der Waals surface area (Å²) in [5.74, 6) is 0. The molecule has 4 heteroatoms. The Bertz CT molecular complexity index is 2070. The Labute approximate surface area is 200 Å². The lowest BCUT2D eigenvalue weighted by atomic mass is 9.93. The number of imidazole rings is 1. The van der Waals surface area contributed by atoms with E-state index in [4.69, 9.17) is 9.97 Å². The van der Waals surface area contributed by atoms with Crippen LogP contribution in [-0.2, 0) is 12.8 Å². The van der Waals surface area contributed by atoms with Gasteiger partial charge in [-0.25, -0.2) is 9.97 Å². The van der Waals surface area contributed by atoms with Gasteiger partial charge in [0.1, 0.15) is 11.2 Å². The fraction of sp³-hybridized carbons (Fsp3) is 0.0645. The monoisotopic (exact) mass is 446 g/mol. The summed E-state index contributed by atoms with van der Waals surface area (Å²) in [4.78, 5) is 14.6. The van der Waals surface area contributed by atoms with Gasteiger partial charge in [-0.05, 0) is 87.7 Å². The Morgan fingerprint density at radius 1 is 0.629 bits per heavy atom. The van der Waals surface area contributed by atoms with Crippen LogP contribution in [0.25, 0.3) is 60.9 Å². The summed E-state index contributed by atoms with van der Waals surface area (Å²) in [5.41, 5.74) is 16.0. The zero-order valence-corrected chi connectivity index (χ0v) is 18.8. The van der Waals surface area contributed by atoms with E-state index in [1.807, 2.05) is 30.6 Å². The molecule has 0 atom stereocenters. The molecule has 9 rings (SSSR count). The van der Waals surface area contributed by atoms with Crippen molar-refractivity contribution in [1.82, 2.24) is 19.4 Å². The molecule has 4 nitrogen and oxygen atoms in total. The molecule has 4 aromatic heterocycles. The summed E-state index contributed by atoms with van der Waals surface area (Å²) in [6.45, 7) is 0. The number of hydrogen-bond acceptors (Lipinski definition) is 3. The summed E-state index contributed by atoms with van der Waals surface area (Å²) in [7, 11) is 0. The topological polar surface area (TPSA) is 43.1 Å². The van der Waals surface area contributed by atoms with Gasteiger partial charge in [0.15, 0.2) is 5.65 Å². The smallest absolute Gasteiger partial charge is 0.165 e. The van der Waals surface area contributed by atoms with Crippen molar-refractivity contribution in [2.75, 3.05) is 0 Å². The Morgan fingerprint density at radius 3 is 2.43 bits per heavy atom. The van der Waals surface area contributed by atoms with Crippen molar-refractivity contribution in [2.45, 2.75) is 12.8 Å². The van der Waals surface area contributed by atoms with Crippen LogP contribution in [0.15, 0.2) is 85.2 Å². The maximum atomic E-state index is 5.03.